The zero-order valence-corrected chi connectivity index (χ0v) is 36.2. The molecule has 2 nitrogen and oxygen atoms in total. The van der Waals surface area contributed by atoms with E-state index in [2.05, 4.69) is 36.4 Å². The number of hydrogen-bond acceptors (Lipinski definition) is 2. The van der Waals surface area contributed by atoms with Crippen molar-refractivity contribution in [1.82, 2.24) is 0 Å². The van der Waals surface area contributed by atoms with E-state index in [-0.39, 0.29) is 21.7 Å². The van der Waals surface area contributed by atoms with Gasteiger partial charge in [-0.2, -0.15) is 36.4 Å². The molecule has 8 rings (SSSR count). The quantitative estimate of drug-likeness (QED) is 0.0686. The molecule has 0 aliphatic heterocycles. The fraction of sp³-hybridized carbons (Fsp3) is 0.148. The van der Waals surface area contributed by atoms with Crippen molar-refractivity contribution in [2.75, 3.05) is 22.9 Å². The minimum Gasteiger partial charge on any atom is -0.392 e. The van der Waals surface area contributed by atoms with Crippen LogP contribution in [-0.4, -0.2) is 13.1 Å². The molecule has 0 saturated heterocycles. The first-order valence-electron chi connectivity index (χ1n) is 20.1. The number of rotatable bonds is 12. The molecule has 0 fully saturated rings. The van der Waals surface area contributed by atoms with Gasteiger partial charge in [-0.1, -0.05) is 96.1 Å². The van der Waals surface area contributed by atoms with Crippen molar-refractivity contribution in [3.63, 3.8) is 0 Å². The van der Waals surface area contributed by atoms with Crippen LogP contribution in [0.4, 0.5) is 40.3 Å². The zero-order valence-electron chi connectivity index (χ0n) is 34.6. The molecule has 0 spiro atoms. The van der Waals surface area contributed by atoms with Crippen LogP contribution in [0.25, 0.3) is 0 Å². The van der Waals surface area contributed by atoms with E-state index in [0.29, 0.717) is 24.5 Å². The summed E-state index contributed by atoms with van der Waals surface area (Å²) < 4.78 is 55.0. The standard InChI is InChI=1S/2C22H20F2N.2C5H5.Ti/c2*1-17-9-12-20(13-10-17)25(22-14-11-19(23)16-21(22)24)15-5-8-18-6-3-2-4-7-18;2*1-2-4-5-3-1;/h2*2-4,6-7,9-14H,5,8,15H2,1H3;2*1-5H;/q4*-1;+4. The first-order chi connectivity index (χ1) is 29.3. The second-order valence-corrected chi connectivity index (χ2v) is 14.1. The number of anilines is 4. The predicted octanol–water partition coefficient (Wildman–Crippen LogP) is 14.5. The molecule has 0 heterocycles. The van der Waals surface area contributed by atoms with Gasteiger partial charge >= 0.3 is 21.7 Å². The van der Waals surface area contributed by atoms with Gasteiger partial charge in [-0.15, -0.1) is 36.4 Å². The summed E-state index contributed by atoms with van der Waals surface area (Å²) in [5.41, 5.74) is 7.24. The van der Waals surface area contributed by atoms with Crippen LogP contribution in [0.5, 0.6) is 0 Å². The Morgan fingerprint density at radius 3 is 1.07 bits per heavy atom. The van der Waals surface area contributed by atoms with Gasteiger partial charge in [0.2, 0.25) is 0 Å². The van der Waals surface area contributed by atoms with Crippen LogP contribution < -0.4 is 9.80 Å². The molecule has 0 aromatic heterocycles. The van der Waals surface area contributed by atoms with Crippen LogP contribution >= 0.6 is 0 Å². The Bertz CT molecular complexity index is 2130. The van der Waals surface area contributed by atoms with Crippen molar-refractivity contribution >= 4 is 22.7 Å². The number of nitrogens with zero attached hydrogens (tertiary/aromatic N) is 2. The van der Waals surface area contributed by atoms with E-state index in [1.165, 1.54) is 35.4 Å². The topological polar surface area (TPSA) is 6.48 Å². The Kier molecular flexibility index (Phi) is 20.6. The fourth-order valence-electron chi connectivity index (χ4n) is 6.33. The van der Waals surface area contributed by atoms with E-state index >= 15 is 0 Å². The summed E-state index contributed by atoms with van der Waals surface area (Å²) in [6, 6.07) is 65.9. The molecule has 0 aliphatic carbocycles. The van der Waals surface area contributed by atoms with Gasteiger partial charge in [-0.3, -0.25) is 0 Å². The largest absolute Gasteiger partial charge is 4.00 e. The summed E-state index contributed by atoms with van der Waals surface area (Å²) in [5.74, 6) is -2.70. The molecule has 0 radical (unpaired) electrons. The molecular formula is C54H50F4N2Ti. The van der Waals surface area contributed by atoms with Gasteiger partial charge < -0.3 is 9.80 Å². The fourth-order valence-corrected chi connectivity index (χ4v) is 6.33. The van der Waals surface area contributed by atoms with E-state index in [1.54, 1.807) is 0 Å². The summed E-state index contributed by atoms with van der Waals surface area (Å²) in [6.45, 7) is 5.29. The van der Waals surface area contributed by atoms with Crippen molar-refractivity contribution in [3.8, 4) is 0 Å². The van der Waals surface area contributed by atoms with E-state index < -0.39 is 23.3 Å². The molecule has 7 heteroatoms. The SMILES string of the molecule is Cc1ccc(N(CCCc2ccccc2)c2ccc(F)[c-]c2F)cc1.Cc1ccc(N(CCCc2ccccc2)c2ccc(F)[c-]c2F)cc1.[Ti+4].c1cc[cH-]c1.c1cc[cH-]c1. The van der Waals surface area contributed by atoms with Gasteiger partial charge in [0.1, 0.15) is 0 Å². The minimum atomic E-state index is -0.686. The van der Waals surface area contributed by atoms with Crippen molar-refractivity contribution in [2.45, 2.75) is 39.5 Å². The van der Waals surface area contributed by atoms with Crippen LogP contribution in [-0.2, 0) is 34.6 Å². The zero-order chi connectivity index (χ0) is 42.4. The summed E-state index contributed by atoms with van der Waals surface area (Å²) in [5, 5.41) is 0. The van der Waals surface area contributed by atoms with Gasteiger partial charge in [-0.05, 0) is 86.3 Å². The third kappa shape index (κ3) is 16.6. The monoisotopic (exact) mass is 850 g/mol. The van der Waals surface area contributed by atoms with Gasteiger partial charge in [-0.25, -0.2) is 41.8 Å². The van der Waals surface area contributed by atoms with Gasteiger partial charge in [0.15, 0.2) is 0 Å². The molecule has 308 valence electrons. The second kappa shape index (κ2) is 26.3. The summed E-state index contributed by atoms with van der Waals surface area (Å²) in [7, 11) is 0. The Hall–Kier alpha value is -5.95. The van der Waals surface area contributed by atoms with Crippen LogP contribution in [0, 0.1) is 49.2 Å². The molecular weight excluding hydrogens is 800 g/mol. The van der Waals surface area contributed by atoms with Crippen molar-refractivity contribution in [3.05, 3.63) is 252 Å². The Morgan fingerprint density at radius 1 is 0.426 bits per heavy atom. The van der Waals surface area contributed by atoms with Gasteiger partial charge in [0.25, 0.3) is 0 Å². The molecule has 0 N–H and O–H groups in total. The van der Waals surface area contributed by atoms with Crippen LogP contribution in [0.3, 0.4) is 0 Å². The predicted molar refractivity (Wildman–Crippen MR) is 240 cm³/mol. The van der Waals surface area contributed by atoms with Gasteiger partial charge in [0, 0.05) is 47.7 Å². The second-order valence-electron chi connectivity index (χ2n) is 14.1. The van der Waals surface area contributed by atoms with E-state index in [9.17, 15) is 17.6 Å². The number of benzene rings is 6. The molecule has 0 aliphatic rings. The molecule has 0 unspecified atom stereocenters. The molecule has 8 aromatic rings. The maximum atomic E-state index is 14.3. The average Bonchev–Trinajstić information content (AvgIpc) is 4.05. The van der Waals surface area contributed by atoms with Crippen molar-refractivity contribution in [1.29, 1.82) is 0 Å². The van der Waals surface area contributed by atoms with Crippen LogP contribution in [0.15, 0.2) is 194 Å². The molecule has 0 saturated carbocycles. The van der Waals surface area contributed by atoms with Crippen LogP contribution in [0.2, 0.25) is 0 Å². The number of hydrogen-bond donors (Lipinski definition) is 0. The molecule has 0 bridgehead atoms. The normalized spacial score (nSPS) is 10.1. The summed E-state index contributed by atoms with van der Waals surface area (Å²) >= 11 is 0. The van der Waals surface area contributed by atoms with Gasteiger partial charge in [0.05, 0.1) is 0 Å². The Labute approximate surface area is 374 Å². The Balaban J connectivity index is 0.000000215. The van der Waals surface area contributed by atoms with E-state index in [1.807, 2.05) is 169 Å². The summed E-state index contributed by atoms with van der Waals surface area (Å²) in [4.78, 5) is 3.77. The maximum Gasteiger partial charge on any atom is 4.00 e. The number of aryl methyl sites for hydroxylation is 4. The van der Waals surface area contributed by atoms with Crippen molar-refractivity contribution < 1.29 is 39.3 Å². The first-order valence-corrected chi connectivity index (χ1v) is 20.1. The third-order valence-corrected chi connectivity index (χ3v) is 9.45. The average molecular weight is 851 g/mol. The molecule has 0 atom stereocenters. The third-order valence-electron chi connectivity index (χ3n) is 9.45. The van der Waals surface area contributed by atoms with Crippen molar-refractivity contribution in [2.24, 2.45) is 0 Å². The number of halogens is 4. The first kappa shape index (κ1) is 47.7. The molecule has 61 heavy (non-hydrogen) atoms. The smallest absolute Gasteiger partial charge is 0.392 e. The molecule has 0 amide bonds. The Morgan fingerprint density at radius 2 is 0.770 bits per heavy atom. The summed E-state index contributed by atoms with van der Waals surface area (Å²) in [6.07, 6.45) is 3.51. The van der Waals surface area contributed by atoms with E-state index in [4.69, 9.17) is 0 Å². The minimum absolute atomic E-state index is 0. The van der Waals surface area contributed by atoms with E-state index in [0.717, 1.165) is 48.2 Å². The van der Waals surface area contributed by atoms with Crippen LogP contribution in [0.1, 0.15) is 35.1 Å². The molecule has 8 aromatic carbocycles. The maximum absolute atomic E-state index is 14.3.